The van der Waals surface area contributed by atoms with Gasteiger partial charge < -0.3 is 23.7 Å². The fourth-order valence-electron chi connectivity index (χ4n) is 4.01. The van der Waals surface area contributed by atoms with Crippen molar-refractivity contribution in [1.82, 2.24) is 4.90 Å². The van der Waals surface area contributed by atoms with E-state index in [0.717, 1.165) is 24.3 Å². The molecule has 4 rings (SSSR count). The first-order valence-electron chi connectivity index (χ1n) is 10.5. The molecule has 0 unspecified atom stereocenters. The van der Waals surface area contributed by atoms with Crippen molar-refractivity contribution in [1.29, 1.82) is 0 Å². The average molecular weight is 493 g/mol. The molecule has 0 aromatic heterocycles. The maximum Gasteiger partial charge on any atom is 0.442 e. The van der Waals surface area contributed by atoms with Gasteiger partial charge in [0.05, 0.1) is 12.3 Å². The van der Waals surface area contributed by atoms with Gasteiger partial charge in [-0.05, 0) is 19.1 Å². The first kappa shape index (κ1) is 23.6. The lowest BCUT2D eigenvalue weighted by Crippen LogP contribution is -2.81. The molecule has 2 spiro atoms. The number of carbonyl (C=O) groups excluding carboxylic acids is 4. The largest absolute Gasteiger partial charge is 0.492 e. The Morgan fingerprint density at radius 1 is 0.853 bits per heavy atom. The number of piperazine rings is 1. The molecule has 1 aromatic carbocycles. The van der Waals surface area contributed by atoms with E-state index in [9.17, 15) is 19.2 Å². The number of anilines is 1. The van der Waals surface area contributed by atoms with Gasteiger partial charge in [0.25, 0.3) is 0 Å². The number of ether oxygens (including phenoxy) is 5. The van der Waals surface area contributed by atoms with E-state index in [1.165, 1.54) is 15.9 Å². The van der Waals surface area contributed by atoms with Crippen LogP contribution in [-0.2, 0) is 38.1 Å². The molecule has 34 heavy (non-hydrogen) atoms. The number of rotatable bonds is 4. The molecule has 0 saturated carbocycles. The Labute approximate surface area is 199 Å². The Balaban J connectivity index is 2.00. The zero-order valence-electron chi connectivity index (χ0n) is 18.3. The minimum Gasteiger partial charge on any atom is -0.492 e. The van der Waals surface area contributed by atoms with Crippen LogP contribution in [0.25, 0.3) is 0 Å². The van der Waals surface area contributed by atoms with Crippen LogP contribution in [0.2, 0.25) is 5.02 Å². The molecule has 0 amide bonds. The van der Waals surface area contributed by atoms with E-state index in [1.54, 1.807) is 26.0 Å². The predicted octanol–water partition coefficient (Wildman–Crippen LogP) is 1.50. The van der Waals surface area contributed by atoms with E-state index in [1.807, 2.05) is 0 Å². The van der Waals surface area contributed by atoms with E-state index in [0.29, 0.717) is 5.02 Å². The number of benzene rings is 1. The number of esters is 4. The summed E-state index contributed by atoms with van der Waals surface area (Å²) in [6.45, 7) is 4.12. The number of nitrogens with zero attached hydrogens (tertiary/aromatic N) is 2. The molecule has 3 heterocycles. The van der Waals surface area contributed by atoms with Gasteiger partial charge in [-0.3, -0.25) is 4.90 Å². The predicted molar refractivity (Wildman–Crippen MR) is 115 cm³/mol. The third kappa shape index (κ3) is 3.86. The zero-order valence-corrected chi connectivity index (χ0v) is 19.1. The van der Waals surface area contributed by atoms with Crippen LogP contribution in [0.3, 0.4) is 0 Å². The van der Waals surface area contributed by atoms with Crippen LogP contribution < -0.4 is 9.64 Å². The van der Waals surface area contributed by atoms with Crippen LogP contribution in [-0.4, -0.2) is 66.8 Å². The van der Waals surface area contributed by atoms with E-state index in [4.69, 9.17) is 35.3 Å². The summed E-state index contributed by atoms with van der Waals surface area (Å²) in [7, 11) is 0. The molecule has 0 atom stereocenters. The van der Waals surface area contributed by atoms with Crippen molar-refractivity contribution in [3.63, 3.8) is 0 Å². The summed E-state index contributed by atoms with van der Waals surface area (Å²) in [6, 6.07) is 4.64. The van der Waals surface area contributed by atoms with E-state index in [-0.39, 0.29) is 37.7 Å². The minimum atomic E-state index is -2.57. The molecule has 0 N–H and O–H groups in total. The molecule has 0 bridgehead atoms. The molecule has 1 fully saturated rings. The fourth-order valence-corrected chi connectivity index (χ4v) is 4.17. The highest BCUT2D eigenvalue weighted by Gasteiger charge is 2.75. The minimum absolute atomic E-state index is 0.0837. The number of carbonyl (C=O) groups is 4. The van der Waals surface area contributed by atoms with E-state index < -0.39 is 35.7 Å². The van der Waals surface area contributed by atoms with Crippen molar-refractivity contribution in [2.75, 3.05) is 31.1 Å². The van der Waals surface area contributed by atoms with Crippen molar-refractivity contribution in [3.8, 4) is 5.75 Å². The van der Waals surface area contributed by atoms with Gasteiger partial charge in [-0.15, -0.1) is 0 Å². The van der Waals surface area contributed by atoms with Gasteiger partial charge in [-0.1, -0.05) is 18.5 Å². The molecule has 3 aliphatic rings. The highest BCUT2D eigenvalue weighted by Crippen LogP contribution is 2.48. The zero-order chi connectivity index (χ0) is 24.5. The summed E-state index contributed by atoms with van der Waals surface area (Å²) in [5.41, 5.74) is 0.285. The second kappa shape index (κ2) is 8.99. The summed E-state index contributed by atoms with van der Waals surface area (Å²) >= 11 is 6.15. The second-order valence-electron chi connectivity index (χ2n) is 7.29. The normalized spacial score (nSPS) is 21.4. The van der Waals surface area contributed by atoms with Crippen molar-refractivity contribution in [2.45, 2.75) is 25.7 Å². The van der Waals surface area contributed by atoms with Gasteiger partial charge in [-0.25, -0.2) is 24.1 Å². The first-order valence-corrected chi connectivity index (χ1v) is 10.9. The molecular weight excluding hydrogens is 472 g/mol. The first-order chi connectivity index (χ1) is 16.2. The molecule has 12 heteroatoms. The SMILES string of the molecule is CCOc1cc(Cl)ccc1N1CCN(CC)C2(OC(=O)C=CC(=O)O2)C12OC(=O)C=CC(=O)O2. The Bertz CT molecular complexity index is 1060. The molecule has 0 aliphatic carbocycles. The average Bonchev–Trinajstić information content (AvgIpc) is 3.03. The van der Waals surface area contributed by atoms with E-state index in [2.05, 4.69) is 0 Å². The number of likely N-dealkylation sites (N-methyl/N-ethyl adjacent to an activating group) is 1. The smallest absolute Gasteiger partial charge is 0.442 e. The summed E-state index contributed by atoms with van der Waals surface area (Å²) in [5.74, 6) is -8.74. The fraction of sp³-hybridized carbons (Fsp3) is 0.364. The van der Waals surface area contributed by atoms with Gasteiger partial charge in [-0.2, -0.15) is 0 Å². The van der Waals surface area contributed by atoms with Gasteiger partial charge in [0.2, 0.25) is 0 Å². The maximum absolute atomic E-state index is 12.7. The number of fused-ring (bicyclic) bond motifs is 1. The molecule has 180 valence electrons. The Morgan fingerprint density at radius 2 is 1.38 bits per heavy atom. The standard InChI is InChI=1S/C22H21ClN2O9/c1-3-24-11-12-25(15-6-5-14(23)13-16(15)30-4-2)22(33-19(28)9-10-20(29)34-22)21(24)31-17(26)7-8-18(27)32-21/h5-10,13H,3-4,11-12H2,1-2H3. The quantitative estimate of drug-likeness (QED) is 0.568. The third-order valence-corrected chi connectivity index (χ3v) is 5.56. The summed E-state index contributed by atoms with van der Waals surface area (Å²) in [4.78, 5) is 53.3. The van der Waals surface area contributed by atoms with Crippen LogP contribution in [0, 0.1) is 0 Å². The van der Waals surface area contributed by atoms with Crippen LogP contribution in [0.1, 0.15) is 13.8 Å². The van der Waals surface area contributed by atoms with Crippen LogP contribution in [0.4, 0.5) is 5.69 Å². The Hall–Kier alpha value is -3.57. The Kier molecular flexibility index (Phi) is 6.24. The number of hydrogen-bond donors (Lipinski definition) is 0. The van der Waals surface area contributed by atoms with Gasteiger partial charge in [0, 0.05) is 55.0 Å². The van der Waals surface area contributed by atoms with Crippen molar-refractivity contribution >= 4 is 41.2 Å². The number of halogens is 1. The van der Waals surface area contributed by atoms with Gasteiger partial charge in [0.15, 0.2) is 0 Å². The van der Waals surface area contributed by atoms with Crippen LogP contribution >= 0.6 is 11.6 Å². The summed E-state index contributed by atoms with van der Waals surface area (Å²) in [5, 5.41) is 0.358. The second-order valence-corrected chi connectivity index (χ2v) is 7.73. The van der Waals surface area contributed by atoms with Gasteiger partial charge >= 0.3 is 35.7 Å². The molecular formula is C22H21ClN2O9. The topological polar surface area (TPSA) is 121 Å². The lowest BCUT2D eigenvalue weighted by Gasteiger charge is -2.56. The lowest BCUT2D eigenvalue weighted by molar-refractivity contribution is -0.415. The highest BCUT2D eigenvalue weighted by atomic mass is 35.5. The molecule has 11 nitrogen and oxygen atoms in total. The molecule has 1 aromatic rings. The van der Waals surface area contributed by atoms with Crippen LogP contribution in [0.5, 0.6) is 5.75 Å². The van der Waals surface area contributed by atoms with Crippen molar-refractivity contribution in [2.24, 2.45) is 0 Å². The maximum atomic E-state index is 12.7. The monoisotopic (exact) mass is 492 g/mol. The number of hydrogen-bond acceptors (Lipinski definition) is 11. The van der Waals surface area contributed by atoms with Crippen molar-refractivity contribution in [3.05, 3.63) is 47.5 Å². The Morgan fingerprint density at radius 3 is 1.88 bits per heavy atom. The highest BCUT2D eigenvalue weighted by molar-refractivity contribution is 6.30. The van der Waals surface area contributed by atoms with E-state index >= 15 is 0 Å². The van der Waals surface area contributed by atoms with Crippen LogP contribution in [0.15, 0.2) is 42.5 Å². The molecule has 3 aliphatic heterocycles. The molecule has 1 saturated heterocycles. The van der Waals surface area contributed by atoms with Gasteiger partial charge in [0.1, 0.15) is 5.75 Å². The summed E-state index contributed by atoms with van der Waals surface area (Å²) < 4.78 is 28.2. The lowest BCUT2D eigenvalue weighted by atomic mass is 10.1. The summed E-state index contributed by atoms with van der Waals surface area (Å²) in [6.07, 6.45) is 3.45. The third-order valence-electron chi connectivity index (χ3n) is 5.33. The molecule has 0 radical (unpaired) electrons. The van der Waals surface area contributed by atoms with Crippen molar-refractivity contribution < 1.29 is 42.9 Å².